The highest BCUT2D eigenvalue weighted by Crippen LogP contribution is 2.16. The van der Waals surface area contributed by atoms with Crippen molar-refractivity contribution in [3.63, 3.8) is 0 Å². The predicted octanol–water partition coefficient (Wildman–Crippen LogP) is 2.92. The summed E-state index contributed by atoms with van der Waals surface area (Å²) < 4.78 is 0. The Morgan fingerprint density at radius 1 is 1.20 bits per heavy atom. The monoisotopic (exact) mass is 210 g/mol. The molecule has 0 amide bonds. The molecule has 0 saturated carbocycles. The fourth-order valence-corrected chi connectivity index (χ4v) is 2.32. The van der Waals surface area contributed by atoms with E-state index in [4.69, 9.17) is 0 Å². The number of hydrogen-bond acceptors (Lipinski definition) is 2. The van der Waals surface area contributed by atoms with Gasteiger partial charge >= 0.3 is 0 Å². The summed E-state index contributed by atoms with van der Waals surface area (Å²) in [6, 6.07) is 0.112. The zero-order chi connectivity index (χ0) is 10.9. The highest BCUT2D eigenvalue weighted by Gasteiger charge is 2.23. The van der Waals surface area contributed by atoms with Crippen LogP contribution in [0.15, 0.2) is 0 Å². The zero-order valence-corrected chi connectivity index (χ0v) is 10.0. The fraction of sp³-hybridized carbons (Fsp3) is 0.923. The second-order valence-corrected chi connectivity index (χ2v) is 4.58. The van der Waals surface area contributed by atoms with Gasteiger partial charge in [-0.25, -0.2) is 0 Å². The highest BCUT2D eigenvalue weighted by atomic mass is 16.1. The van der Waals surface area contributed by atoms with Crippen molar-refractivity contribution >= 4 is 6.29 Å². The molecule has 1 atom stereocenters. The maximum atomic E-state index is 10.6. The minimum atomic E-state index is 0.112. The number of likely N-dealkylation sites (tertiary alicyclic amines) is 1. The first kappa shape index (κ1) is 12.7. The molecule has 1 heterocycles. The molecule has 0 aromatic heterocycles. The van der Waals surface area contributed by atoms with E-state index in [1.807, 2.05) is 0 Å². The van der Waals surface area contributed by atoms with E-state index in [1.54, 1.807) is 0 Å². The molecule has 0 aliphatic carbocycles. The number of rotatable bonds is 8. The topological polar surface area (TPSA) is 20.3 Å². The fourth-order valence-electron chi connectivity index (χ4n) is 2.32. The number of carbonyl (C=O) groups excluding carboxylic acids is 1. The van der Waals surface area contributed by atoms with Crippen molar-refractivity contribution in [3.8, 4) is 0 Å². The molecule has 2 nitrogen and oxygen atoms in total. The standard InChI is InChI=1S/C13H24NO/c1-2-3-4-5-6-7-10-14-11-8-9-13(14)12-15/h13H,2-11H2,1H3/t13-/m0/s1. The Bertz CT molecular complexity index is 170. The lowest BCUT2D eigenvalue weighted by Gasteiger charge is -2.18. The van der Waals surface area contributed by atoms with Crippen molar-refractivity contribution in [2.75, 3.05) is 13.1 Å². The smallest absolute Gasteiger partial charge is 0.217 e. The minimum Gasteiger partial charge on any atom is -0.293 e. The summed E-state index contributed by atoms with van der Waals surface area (Å²) in [6.07, 6.45) is 12.3. The summed E-state index contributed by atoms with van der Waals surface area (Å²) in [6.45, 7) is 4.45. The molecule has 1 aliphatic rings. The van der Waals surface area contributed by atoms with Crippen molar-refractivity contribution in [2.45, 2.75) is 64.3 Å². The number of nitrogens with zero attached hydrogens (tertiary/aromatic N) is 1. The first-order valence-corrected chi connectivity index (χ1v) is 6.50. The van der Waals surface area contributed by atoms with Gasteiger partial charge in [-0.15, -0.1) is 0 Å². The molecule has 15 heavy (non-hydrogen) atoms. The number of unbranched alkanes of at least 4 members (excludes halogenated alkanes) is 5. The largest absolute Gasteiger partial charge is 0.293 e. The summed E-state index contributed by atoms with van der Waals surface area (Å²) >= 11 is 0. The lowest BCUT2D eigenvalue weighted by molar-refractivity contribution is 0.288. The Morgan fingerprint density at radius 2 is 1.93 bits per heavy atom. The van der Waals surface area contributed by atoms with Crippen LogP contribution < -0.4 is 0 Å². The van der Waals surface area contributed by atoms with Gasteiger partial charge in [0.15, 0.2) is 0 Å². The minimum absolute atomic E-state index is 0.112. The van der Waals surface area contributed by atoms with Crippen LogP contribution in [0.25, 0.3) is 0 Å². The van der Waals surface area contributed by atoms with Gasteiger partial charge in [0.05, 0.1) is 6.04 Å². The molecule has 0 unspecified atom stereocenters. The second-order valence-electron chi connectivity index (χ2n) is 4.58. The first-order chi connectivity index (χ1) is 7.38. The van der Waals surface area contributed by atoms with E-state index in [0.29, 0.717) is 0 Å². The Hall–Kier alpha value is -0.370. The molecule has 0 aromatic rings. The molecule has 1 saturated heterocycles. The summed E-state index contributed by atoms with van der Waals surface area (Å²) in [7, 11) is 0. The SMILES string of the molecule is CCCCCCCCN1CCC[C@H]1[C]=O. The van der Waals surface area contributed by atoms with E-state index in [2.05, 4.69) is 18.1 Å². The van der Waals surface area contributed by atoms with Gasteiger partial charge in [0.2, 0.25) is 6.29 Å². The Labute approximate surface area is 94.0 Å². The second kappa shape index (κ2) is 7.86. The van der Waals surface area contributed by atoms with Crippen LogP contribution in [0.4, 0.5) is 0 Å². The molecule has 1 rings (SSSR count). The van der Waals surface area contributed by atoms with E-state index >= 15 is 0 Å². The van der Waals surface area contributed by atoms with E-state index in [1.165, 1.54) is 44.9 Å². The van der Waals surface area contributed by atoms with Crippen LogP contribution in [0.1, 0.15) is 58.3 Å². The molecule has 87 valence electrons. The first-order valence-electron chi connectivity index (χ1n) is 6.50. The molecule has 0 aromatic carbocycles. The van der Waals surface area contributed by atoms with Crippen molar-refractivity contribution in [3.05, 3.63) is 0 Å². The van der Waals surface area contributed by atoms with E-state index in [-0.39, 0.29) is 6.04 Å². The number of hydrogen-bond donors (Lipinski definition) is 0. The van der Waals surface area contributed by atoms with Gasteiger partial charge in [-0.3, -0.25) is 9.69 Å². The molecule has 0 spiro atoms. The Balaban J connectivity index is 1.97. The van der Waals surface area contributed by atoms with Crippen LogP contribution in [0.5, 0.6) is 0 Å². The summed E-state index contributed by atoms with van der Waals surface area (Å²) in [5.41, 5.74) is 0. The third-order valence-corrected chi connectivity index (χ3v) is 3.30. The van der Waals surface area contributed by atoms with Crippen molar-refractivity contribution in [2.24, 2.45) is 0 Å². The molecule has 0 bridgehead atoms. The molecular formula is C13H24NO. The van der Waals surface area contributed by atoms with Gasteiger partial charge in [-0.05, 0) is 32.4 Å². The van der Waals surface area contributed by atoms with Crippen molar-refractivity contribution in [1.82, 2.24) is 4.90 Å². The summed E-state index contributed by atoms with van der Waals surface area (Å²) in [5.74, 6) is 0. The van der Waals surface area contributed by atoms with Crippen LogP contribution in [0, 0.1) is 0 Å². The van der Waals surface area contributed by atoms with Gasteiger partial charge in [0.25, 0.3) is 0 Å². The van der Waals surface area contributed by atoms with Crippen LogP contribution in [-0.4, -0.2) is 30.3 Å². The van der Waals surface area contributed by atoms with Crippen molar-refractivity contribution in [1.29, 1.82) is 0 Å². The maximum absolute atomic E-state index is 10.6. The third kappa shape index (κ3) is 4.78. The molecule has 1 fully saturated rings. The van der Waals surface area contributed by atoms with E-state index in [0.717, 1.165) is 19.5 Å². The third-order valence-electron chi connectivity index (χ3n) is 3.30. The highest BCUT2D eigenvalue weighted by molar-refractivity contribution is 5.58. The normalized spacial score (nSPS) is 22.1. The van der Waals surface area contributed by atoms with E-state index in [9.17, 15) is 4.79 Å². The average molecular weight is 210 g/mol. The summed E-state index contributed by atoms with van der Waals surface area (Å²) in [5, 5.41) is 0. The van der Waals surface area contributed by atoms with Gasteiger partial charge in [0, 0.05) is 0 Å². The molecule has 1 aliphatic heterocycles. The van der Waals surface area contributed by atoms with Gasteiger partial charge in [-0.1, -0.05) is 39.0 Å². The van der Waals surface area contributed by atoms with Crippen LogP contribution >= 0.6 is 0 Å². The Kier molecular flexibility index (Phi) is 6.66. The average Bonchev–Trinajstić information content (AvgIpc) is 2.70. The lowest BCUT2D eigenvalue weighted by Crippen LogP contribution is -2.31. The van der Waals surface area contributed by atoms with Crippen LogP contribution in [0.3, 0.4) is 0 Å². The quantitative estimate of drug-likeness (QED) is 0.574. The maximum Gasteiger partial charge on any atom is 0.217 e. The summed E-state index contributed by atoms with van der Waals surface area (Å²) in [4.78, 5) is 12.9. The zero-order valence-electron chi connectivity index (χ0n) is 10.0. The van der Waals surface area contributed by atoms with Crippen LogP contribution in [-0.2, 0) is 4.79 Å². The molecular weight excluding hydrogens is 186 g/mol. The van der Waals surface area contributed by atoms with Gasteiger partial charge < -0.3 is 0 Å². The molecule has 2 heteroatoms. The van der Waals surface area contributed by atoms with E-state index < -0.39 is 0 Å². The van der Waals surface area contributed by atoms with Gasteiger partial charge in [0.1, 0.15) is 0 Å². The Morgan fingerprint density at radius 3 is 2.67 bits per heavy atom. The van der Waals surface area contributed by atoms with Gasteiger partial charge in [-0.2, -0.15) is 0 Å². The molecule has 1 radical (unpaired) electrons. The van der Waals surface area contributed by atoms with Crippen molar-refractivity contribution < 1.29 is 4.79 Å². The molecule has 0 N–H and O–H groups in total. The predicted molar refractivity (Wildman–Crippen MR) is 63.7 cm³/mol. The lowest BCUT2D eigenvalue weighted by atomic mass is 10.1. The van der Waals surface area contributed by atoms with Crippen LogP contribution in [0.2, 0.25) is 0 Å².